The number of hydrogen-bond donors (Lipinski definition) is 2. The van der Waals surface area contributed by atoms with Crippen molar-refractivity contribution >= 4 is 29.9 Å². The summed E-state index contributed by atoms with van der Waals surface area (Å²) in [7, 11) is 3.58. The van der Waals surface area contributed by atoms with Gasteiger partial charge >= 0.3 is 0 Å². The summed E-state index contributed by atoms with van der Waals surface area (Å²) < 4.78 is 7.02. The number of ether oxygens (including phenoxy) is 1. The number of hydrogen-bond acceptors (Lipinski definition) is 4. The van der Waals surface area contributed by atoms with E-state index in [1.54, 1.807) is 31.2 Å². The first-order valence-corrected chi connectivity index (χ1v) is 9.13. The van der Waals surface area contributed by atoms with Gasteiger partial charge in [-0.1, -0.05) is 6.42 Å². The third kappa shape index (κ3) is 5.90. The number of pyridine rings is 1. The molecule has 0 unspecified atom stereocenters. The van der Waals surface area contributed by atoms with Crippen LogP contribution in [0.3, 0.4) is 0 Å². The maximum absolute atomic E-state index is 5.27. The molecular weight excluding hydrogens is 455 g/mol. The van der Waals surface area contributed by atoms with Crippen molar-refractivity contribution in [2.45, 2.75) is 32.2 Å². The number of guanidine groups is 1. The molecule has 0 bridgehead atoms. The standard InChI is InChI=1S/C19H28N6O.HI/c1-20-18(23-15-19(6-3-7-19)8-12-26-2)22-14-16-5-10-21-17(13-16)25-11-4-9-24-25;/h4-5,9-11,13H,3,6-8,12,14-15H2,1-2H3,(H2,20,22,23);1H. The molecule has 3 rings (SSSR count). The van der Waals surface area contributed by atoms with E-state index >= 15 is 0 Å². The fourth-order valence-corrected chi connectivity index (χ4v) is 3.29. The van der Waals surface area contributed by atoms with E-state index in [2.05, 4.69) is 25.7 Å². The van der Waals surface area contributed by atoms with Gasteiger partial charge in [-0.25, -0.2) is 9.67 Å². The molecule has 2 aromatic heterocycles. The summed E-state index contributed by atoms with van der Waals surface area (Å²) in [6, 6.07) is 5.91. The van der Waals surface area contributed by atoms with Gasteiger partial charge in [-0.05, 0) is 48.4 Å². The predicted octanol–water partition coefficient (Wildman–Crippen LogP) is 2.76. The third-order valence-corrected chi connectivity index (χ3v) is 5.11. The molecular formula is C19H29IN6O. The summed E-state index contributed by atoms with van der Waals surface area (Å²) in [5, 5.41) is 11.1. The van der Waals surface area contributed by atoms with Gasteiger partial charge in [0.05, 0.1) is 0 Å². The Morgan fingerprint density at radius 2 is 2.19 bits per heavy atom. The molecule has 0 atom stereocenters. The molecule has 1 aliphatic rings. The van der Waals surface area contributed by atoms with E-state index in [0.29, 0.717) is 12.0 Å². The summed E-state index contributed by atoms with van der Waals surface area (Å²) >= 11 is 0. The average molecular weight is 484 g/mol. The van der Waals surface area contributed by atoms with Crippen LogP contribution in [0.5, 0.6) is 0 Å². The summed E-state index contributed by atoms with van der Waals surface area (Å²) in [6.45, 7) is 2.44. The van der Waals surface area contributed by atoms with E-state index in [1.165, 1.54) is 19.3 Å². The van der Waals surface area contributed by atoms with Crippen LogP contribution in [-0.4, -0.2) is 48.0 Å². The molecule has 2 heterocycles. The van der Waals surface area contributed by atoms with Gasteiger partial charge in [0.15, 0.2) is 11.8 Å². The maximum Gasteiger partial charge on any atom is 0.191 e. The van der Waals surface area contributed by atoms with E-state index in [-0.39, 0.29) is 24.0 Å². The van der Waals surface area contributed by atoms with Crippen molar-refractivity contribution < 1.29 is 4.74 Å². The van der Waals surface area contributed by atoms with Crippen LogP contribution < -0.4 is 10.6 Å². The summed E-state index contributed by atoms with van der Waals surface area (Å²) in [5.74, 6) is 1.64. The number of halogens is 1. The zero-order valence-electron chi connectivity index (χ0n) is 16.0. The van der Waals surface area contributed by atoms with Gasteiger partial charge in [-0.2, -0.15) is 5.10 Å². The minimum Gasteiger partial charge on any atom is -0.385 e. The Bertz CT molecular complexity index is 715. The third-order valence-electron chi connectivity index (χ3n) is 5.11. The van der Waals surface area contributed by atoms with Gasteiger partial charge in [-0.15, -0.1) is 24.0 Å². The molecule has 0 radical (unpaired) electrons. The first-order valence-electron chi connectivity index (χ1n) is 9.13. The number of aliphatic imine (C=N–C) groups is 1. The van der Waals surface area contributed by atoms with E-state index in [0.717, 1.165) is 36.9 Å². The lowest BCUT2D eigenvalue weighted by Crippen LogP contribution is -2.46. The Labute approximate surface area is 178 Å². The van der Waals surface area contributed by atoms with Crippen LogP contribution in [0.25, 0.3) is 5.82 Å². The van der Waals surface area contributed by atoms with E-state index in [1.807, 2.05) is 24.4 Å². The van der Waals surface area contributed by atoms with Crippen LogP contribution in [0.4, 0.5) is 0 Å². The van der Waals surface area contributed by atoms with E-state index in [4.69, 9.17) is 4.74 Å². The van der Waals surface area contributed by atoms with Gasteiger partial charge < -0.3 is 15.4 Å². The van der Waals surface area contributed by atoms with Gasteiger partial charge in [0, 0.05) is 52.4 Å². The summed E-state index contributed by atoms with van der Waals surface area (Å²) in [5.41, 5.74) is 1.49. The Morgan fingerprint density at radius 1 is 1.33 bits per heavy atom. The molecule has 2 N–H and O–H groups in total. The highest BCUT2D eigenvalue weighted by molar-refractivity contribution is 14.0. The second kappa shape index (κ2) is 10.6. The fourth-order valence-electron chi connectivity index (χ4n) is 3.29. The number of nitrogens with zero attached hydrogens (tertiary/aromatic N) is 4. The smallest absolute Gasteiger partial charge is 0.191 e. The molecule has 1 aliphatic carbocycles. The minimum absolute atomic E-state index is 0. The van der Waals surface area contributed by atoms with Crippen molar-refractivity contribution in [2.24, 2.45) is 10.4 Å². The van der Waals surface area contributed by atoms with Crippen LogP contribution in [0.15, 0.2) is 41.8 Å². The zero-order valence-corrected chi connectivity index (χ0v) is 18.3. The van der Waals surface area contributed by atoms with Crippen molar-refractivity contribution in [2.75, 3.05) is 27.3 Å². The molecule has 8 heteroatoms. The van der Waals surface area contributed by atoms with Crippen molar-refractivity contribution in [1.29, 1.82) is 0 Å². The number of methoxy groups -OCH3 is 1. The van der Waals surface area contributed by atoms with Gasteiger partial charge in [0.2, 0.25) is 0 Å². The highest BCUT2D eigenvalue weighted by Crippen LogP contribution is 2.43. The molecule has 0 saturated heterocycles. The molecule has 2 aromatic rings. The van der Waals surface area contributed by atoms with Gasteiger partial charge in [0.1, 0.15) is 0 Å². The van der Waals surface area contributed by atoms with Crippen LogP contribution in [0.2, 0.25) is 0 Å². The molecule has 1 saturated carbocycles. The van der Waals surface area contributed by atoms with Crippen molar-refractivity contribution in [3.8, 4) is 5.82 Å². The highest BCUT2D eigenvalue weighted by Gasteiger charge is 2.36. The van der Waals surface area contributed by atoms with E-state index < -0.39 is 0 Å². The Morgan fingerprint density at radius 3 is 2.81 bits per heavy atom. The molecule has 7 nitrogen and oxygen atoms in total. The largest absolute Gasteiger partial charge is 0.385 e. The van der Waals surface area contributed by atoms with Crippen LogP contribution in [0, 0.1) is 5.41 Å². The lowest BCUT2D eigenvalue weighted by Gasteiger charge is -2.42. The Kier molecular flexibility index (Phi) is 8.49. The quantitative estimate of drug-likeness (QED) is 0.343. The molecule has 27 heavy (non-hydrogen) atoms. The zero-order chi connectivity index (χ0) is 18.2. The Hall–Kier alpha value is -1.68. The second-order valence-corrected chi connectivity index (χ2v) is 6.85. The van der Waals surface area contributed by atoms with Gasteiger partial charge in [0.25, 0.3) is 0 Å². The van der Waals surface area contributed by atoms with Crippen LogP contribution >= 0.6 is 24.0 Å². The summed E-state index contributed by atoms with van der Waals surface area (Å²) in [4.78, 5) is 8.71. The fraction of sp³-hybridized carbons (Fsp3) is 0.526. The topological polar surface area (TPSA) is 76.4 Å². The molecule has 148 valence electrons. The molecule has 0 spiro atoms. The number of aromatic nitrogens is 3. The SMILES string of the molecule is CN=C(NCc1ccnc(-n2cccn2)c1)NCC1(CCOC)CCC1.I. The Balaban J connectivity index is 0.00000261. The minimum atomic E-state index is 0. The molecule has 0 aliphatic heterocycles. The summed E-state index contributed by atoms with van der Waals surface area (Å²) in [6.07, 6.45) is 10.4. The number of rotatable bonds is 8. The predicted molar refractivity (Wildman–Crippen MR) is 118 cm³/mol. The lowest BCUT2D eigenvalue weighted by atomic mass is 9.67. The monoisotopic (exact) mass is 484 g/mol. The van der Waals surface area contributed by atoms with Crippen molar-refractivity contribution in [1.82, 2.24) is 25.4 Å². The molecule has 0 amide bonds. The van der Waals surface area contributed by atoms with Gasteiger partial charge in [-0.3, -0.25) is 4.99 Å². The van der Waals surface area contributed by atoms with Crippen LogP contribution in [-0.2, 0) is 11.3 Å². The molecule has 0 aromatic carbocycles. The highest BCUT2D eigenvalue weighted by atomic mass is 127. The lowest BCUT2D eigenvalue weighted by molar-refractivity contribution is 0.0732. The van der Waals surface area contributed by atoms with Crippen molar-refractivity contribution in [3.05, 3.63) is 42.4 Å². The average Bonchev–Trinajstić information content (AvgIpc) is 3.18. The number of nitrogens with one attached hydrogen (secondary N) is 2. The first kappa shape index (κ1) is 21.6. The van der Waals surface area contributed by atoms with Crippen LogP contribution in [0.1, 0.15) is 31.2 Å². The second-order valence-electron chi connectivity index (χ2n) is 6.85. The van der Waals surface area contributed by atoms with E-state index in [9.17, 15) is 0 Å². The normalized spacial score (nSPS) is 15.6. The molecule has 1 fully saturated rings. The first-order chi connectivity index (χ1) is 12.7. The maximum atomic E-state index is 5.27. The van der Waals surface area contributed by atoms with Crippen molar-refractivity contribution in [3.63, 3.8) is 0 Å².